The van der Waals surface area contributed by atoms with E-state index in [1.807, 2.05) is 4.90 Å². The molecule has 160 valence electrons. The Labute approximate surface area is 166 Å². The van der Waals surface area contributed by atoms with Crippen LogP contribution in [0.4, 0.5) is 5.82 Å². The van der Waals surface area contributed by atoms with Crippen molar-refractivity contribution in [1.29, 1.82) is 0 Å². The zero-order valence-electron chi connectivity index (χ0n) is 15.7. The fraction of sp³-hybridized carbons (Fsp3) is 0.625. The molecule has 9 N–H and O–H groups in total. The number of hydrogen-bond donors (Lipinski definition) is 6. The second-order valence-corrected chi connectivity index (χ2v) is 6.95. The summed E-state index contributed by atoms with van der Waals surface area (Å²) in [5, 5.41) is 30.0. The number of carboxylic acids is 1. The maximum atomic E-state index is 10.9. The van der Waals surface area contributed by atoms with E-state index in [-0.39, 0.29) is 18.8 Å². The Hall–Kier alpha value is -2.42. The van der Waals surface area contributed by atoms with Crippen molar-refractivity contribution in [3.8, 4) is 0 Å². The minimum absolute atomic E-state index is 0.197. The van der Waals surface area contributed by atoms with Gasteiger partial charge in [0, 0.05) is 26.2 Å². The molecule has 13 heteroatoms. The molecule has 0 radical (unpaired) electrons. The number of aliphatic carboxylic acids is 1. The smallest absolute Gasteiger partial charge is 0.320 e. The molecule has 0 bridgehead atoms. The standard InChI is InChI=1S/C16H26N8O5/c17-2-4-23(3-1-8(18)16(27)28)5-9-11(25)12(26)15(29-9)24-7-22-10-13(19)20-6-21-14(10)24/h6-9,11-12,15,25-26H,1-5,17-18H2,(H,27,28)(H2,19,20,21)/t8-,9+,11+,12+,15+/m0/s1. The van der Waals surface area contributed by atoms with Gasteiger partial charge in [0.05, 0.1) is 6.33 Å². The Morgan fingerprint density at radius 3 is 2.72 bits per heavy atom. The fourth-order valence-electron chi connectivity index (χ4n) is 3.34. The number of aliphatic hydroxyl groups is 2. The quantitative estimate of drug-likeness (QED) is 0.245. The second-order valence-electron chi connectivity index (χ2n) is 6.95. The van der Waals surface area contributed by atoms with Gasteiger partial charge < -0.3 is 37.3 Å². The van der Waals surface area contributed by atoms with E-state index >= 15 is 0 Å². The number of hydrogen-bond acceptors (Lipinski definition) is 11. The molecule has 0 amide bonds. The van der Waals surface area contributed by atoms with Crippen LogP contribution in [0, 0.1) is 0 Å². The minimum Gasteiger partial charge on any atom is -0.480 e. The van der Waals surface area contributed by atoms with Crippen molar-refractivity contribution in [2.75, 3.05) is 31.9 Å². The van der Waals surface area contributed by atoms with Gasteiger partial charge in [0.25, 0.3) is 0 Å². The molecule has 3 heterocycles. The third-order valence-corrected chi connectivity index (χ3v) is 4.96. The molecular formula is C16H26N8O5. The van der Waals surface area contributed by atoms with E-state index in [1.54, 1.807) is 0 Å². The molecule has 0 unspecified atom stereocenters. The normalized spacial score (nSPS) is 25.7. The van der Waals surface area contributed by atoms with Crippen molar-refractivity contribution >= 4 is 23.0 Å². The molecule has 1 aliphatic rings. The minimum atomic E-state index is -1.23. The van der Waals surface area contributed by atoms with Gasteiger partial charge in [-0.2, -0.15) is 0 Å². The Bertz CT molecular complexity index is 848. The van der Waals surface area contributed by atoms with Gasteiger partial charge in [0.1, 0.15) is 36.2 Å². The van der Waals surface area contributed by atoms with E-state index < -0.39 is 36.6 Å². The highest BCUT2D eigenvalue weighted by molar-refractivity contribution is 5.81. The summed E-state index contributed by atoms with van der Waals surface area (Å²) in [5.74, 6) is -0.888. The molecule has 1 saturated heterocycles. The van der Waals surface area contributed by atoms with Gasteiger partial charge in [-0.3, -0.25) is 14.3 Å². The lowest BCUT2D eigenvalue weighted by Crippen LogP contribution is -2.44. The SMILES string of the molecule is NCCN(CC[C@H](N)C(=O)O)C[C@H]1O[C@@H](n2cnc3c(N)ncnc32)[C@H](O)[C@@H]1O. The van der Waals surface area contributed by atoms with Crippen LogP contribution in [0.1, 0.15) is 12.6 Å². The molecule has 0 spiro atoms. The number of carboxylic acid groups (broad SMARTS) is 1. The molecule has 5 atom stereocenters. The molecule has 2 aromatic heterocycles. The van der Waals surface area contributed by atoms with Crippen LogP contribution in [0.5, 0.6) is 0 Å². The van der Waals surface area contributed by atoms with Crippen molar-refractivity contribution in [3.63, 3.8) is 0 Å². The van der Waals surface area contributed by atoms with Gasteiger partial charge in [0.2, 0.25) is 0 Å². The topological polar surface area (TPSA) is 212 Å². The lowest BCUT2D eigenvalue weighted by Gasteiger charge is -2.26. The van der Waals surface area contributed by atoms with Crippen molar-refractivity contribution in [1.82, 2.24) is 24.4 Å². The van der Waals surface area contributed by atoms with Gasteiger partial charge in [-0.1, -0.05) is 0 Å². The number of nitrogen functional groups attached to an aromatic ring is 1. The first-order valence-corrected chi connectivity index (χ1v) is 9.19. The van der Waals surface area contributed by atoms with Gasteiger partial charge in [-0.05, 0) is 6.42 Å². The van der Waals surface area contributed by atoms with E-state index in [4.69, 9.17) is 27.0 Å². The largest absolute Gasteiger partial charge is 0.480 e. The van der Waals surface area contributed by atoms with Gasteiger partial charge >= 0.3 is 5.97 Å². The average Bonchev–Trinajstić information content (AvgIpc) is 3.23. The Morgan fingerprint density at radius 1 is 1.28 bits per heavy atom. The number of rotatable bonds is 9. The first-order chi connectivity index (χ1) is 13.8. The predicted octanol–water partition coefficient (Wildman–Crippen LogP) is -2.91. The highest BCUT2D eigenvalue weighted by atomic mass is 16.6. The van der Waals surface area contributed by atoms with Crippen LogP contribution in [0.15, 0.2) is 12.7 Å². The van der Waals surface area contributed by atoms with Gasteiger partial charge in [-0.25, -0.2) is 15.0 Å². The van der Waals surface area contributed by atoms with E-state index in [9.17, 15) is 15.0 Å². The van der Waals surface area contributed by atoms with E-state index in [0.29, 0.717) is 30.8 Å². The number of anilines is 1. The molecular weight excluding hydrogens is 384 g/mol. The Morgan fingerprint density at radius 2 is 2.03 bits per heavy atom. The van der Waals surface area contributed by atoms with Crippen LogP contribution < -0.4 is 17.2 Å². The number of nitrogens with zero attached hydrogens (tertiary/aromatic N) is 5. The van der Waals surface area contributed by atoms with E-state index in [2.05, 4.69) is 15.0 Å². The average molecular weight is 410 g/mol. The number of fused-ring (bicyclic) bond motifs is 1. The van der Waals surface area contributed by atoms with Crippen molar-refractivity contribution in [2.45, 2.75) is 37.0 Å². The molecule has 13 nitrogen and oxygen atoms in total. The zero-order chi connectivity index (χ0) is 21.1. The molecule has 0 saturated carbocycles. The summed E-state index contributed by atoms with van der Waals surface area (Å²) in [7, 11) is 0. The number of aliphatic hydroxyl groups excluding tert-OH is 2. The number of nitrogens with two attached hydrogens (primary N) is 3. The first kappa shape index (κ1) is 21.3. The van der Waals surface area contributed by atoms with Crippen molar-refractivity contribution in [3.05, 3.63) is 12.7 Å². The van der Waals surface area contributed by atoms with Crippen molar-refractivity contribution in [2.24, 2.45) is 11.5 Å². The number of carbonyl (C=O) groups is 1. The molecule has 3 rings (SSSR count). The molecule has 0 aromatic carbocycles. The monoisotopic (exact) mass is 410 g/mol. The highest BCUT2D eigenvalue weighted by Gasteiger charge is 2.44. The molecule has 0 aliphatic carbocycles. The van der Waals surface area contributed by atoms with E-state index in [1.165, 1.54) is 17.2 Å². The lowest BCUT2D eigenvalue weighted by molar-refractivity contribution is -0.138. The third-order valence-electron chi connectivity index (χ3n) is 4.96. The van der Waals surface area contributed by atoms with E-state index in [0.717, 1.165) is 0 Å². The van der Waals surface area contributed by atoms with Crippen LogP contribution in [-0.4, -0.2) is 96.2 Å². The van der Waals surface area contributed by atoms with Crippen molar-refractivity contribution < 1.29 is 24.9 Å². The van der Waals surface area contributed by atoms with Crippen LogP contribution in [0.3, 0.4) is 0 Å². The second kappa shape index (κ2) is 8.94. The number of ether oxygens (including phenoxy) is 1. The van der Waals surface area contributed by atoms with Crippen LogP contribution in [0.25, 0.3) is 11.2 Å². The van der Waals surface area contributed by atoms with Gasteiger partial charge in [-0.15, -0.1) is 0 Å². The first-order valence-electron chi connectivity index (χ1n) is 9.19. The molecule has 2 aromatic rings. The summed E-state index contributed by atoms with van der Waals surface area (Å²) in [5.41, 5.74) is 17.7. The third kappa shape index (κ3) is 4.44. The fourth-order valence-corrected chi connectivity index (χ4v) is 3.34. The van der Waals surface area contributed by atoms with Crippen LogP contribution in [0.2, 0.25) is 0 Å². The maximum Gasteiger partial charge on any atom is 0.320 e. The summed E-state index contributed by atoms with van der Waals surface area (Å²) in [6, 6.07) is -0.995. The van der Waals surface area contributed by atoms with Crippen LogP contribution >= 0.6 is 0 Å². The zero-order valence-corrected chi connectivity index (χ0v) is 15.7. The molecule has 1 aliphatic heterocycles. The Balaban J connectivity index is 1.72. The van der Waals surface area contributed by atoms with Crippen LogP contribution in [-0.2, 0) is 9.53 Å². The Kier molecular flexibility index (Phi) is 6.56. The summed E-state index contributed by atoms with van der Waals surface area (Å²) in [6.07, 6.45) is -1.15. The predicted molar refractivity (Wildman–Crippen MR) is 101 cm³/mol. The lowest BCUT2D eigenvalue weighted by atomic mass is 10.1. The summed E-state index contributed by atoms with van der Waals surface area (Å²) < 4.78 is 7.40. The number of imidazole rings is 1. The van der Waals surface area contributed by atoms with Gasteiger partial charge in [0.15, 0.2) is 17.7 Å². The number of aromatic nitrogens is 4. The molecule has 29 heavy (non-hydrogen) atoms. The maximum absolute atomic E-state index is 10.9. The summed E-state index contributed by atoms with van der Waals surface area (Å²) >= 11 is 0. The summed E-state index contributed by atoms with van der Waals surface area (Å²) in [4.78, 5) is 24.9. The molecule has 1 fully saturated rings. The summed E-state index contributed by atoms with van der Waals surface area (Å²) in [6.45, 7) is 1.38. The highest BCUT2D eigenvalue weighted by Crippen LogP contribution is 2.32.